The summed E-state index contributed by atoms with van der Waals surface area (Å²) in [6.45, 7) is 3.98. The minimum absolute atomic E-state index is 0.173. The summed E-state index contributed by atoms with van der Waals surface area (Å²) in [5.74, 6) is -0.388. The van der Waals surface area contributed by atoms with E-state index in [1.165, 1.54) is 19.3 Å². The fourth-order valence-electron chi connectivity index (χ4n) is 3.03. The molecule has 1 aliphatic carbocycles. The second-order valence-electron chi connectivity index (χ2n) is 5.26. The summed E-state index contributed by atoms with van der Waals surface area (Å²) < 4.78 is 5.30. The fraction of sp³-hybridized carbons (Fsp3) is 0.923. The Hall–Kier alpha value is -0.610. The zero-order valence-electron chi connectivity index (χ0n) is 10.4. The van der Waals surface area contributed by atoms with Gasteiger partial charge in [0, 0.05) is 19.6 Å². The smallest absolute Gasteiger partial charge is 0.308 e. The van der Waals surface area contributed by atoms with E-state index in [1.807, 2.05) is 0 Å². The molecule has 2 rings (SSSR count). The van der Waals surface area contributed by atoms with Gasteiger partial charge in [-0.25, -0.2) is 0 Å². The summed E-state index contributed by atoms with van der Waals surface area (Å²) >= 11 is 0. The third kappa shape index (κ3) is 3.68. The first-order chi connectivity index (χ1) is 8.27. The molecular formula is C13H23NO3. The number of hydrogen-bond acceptors (Lipinski definition) is 3. The van der Waals surface area contributed by atoms with E-state index in [4.69, 9.17) is 4.74 Å². The maximum atomic E-state index is 11.4. The normalized spacial score (nSPS) is 25.6. The van der Waals surface area contributed by atoms with Crippen LogP contribution < -0.4 is 0 Å². The van der Waals surface area contributed by atoms with Gasteiger partial charge in [0.25, 0.3) is 0 Å². The van der Waals surface area contributed by atoms with Gasteiger partial charge in [-0.3, -0.25) is 9.69 Å². The molecule has 0 bridgehead atoms. The largest absolute Gasteiger partial charge is 0.481 e. The second kappa shape index (κ2) is 6.36. The van der Waals surface area contributed by atoms with Crippen LogP contribution in [0.1, 0.15) is 32.1 Å². The Morgan fingerprint density at radius 3 is 2.47 bits per heavy atom. The highest BCUT2D eigenvalue weighted by molar-refractivity contribution is 5.70. The first-order valence-electron chi connectivity index (χ1n) is 6.80. The fourth-order valence-corrected chi connectivity index (χ4v) is 3.03. The van der Waals surface area contributed by atoms with Gasteiger partial charge in [-0.15, -0.1) is 0 Å². The van der Waals surface area contributed by atoms with Crippen LogP contribution in [0.3, 0.4) is 0 Å². The van der Waals surface area contributed by atoms with Crippen LogP contribution in [0.4, 0.5) is 0 Å². The van der Waals surface area contributed by atoms with Crippen molar-refractivity contribution in [2.45, 2.75) is 32.1 Å². The van der Waals surface area contributed by atoms with E-state index in [-0.39, 0.29) is 5.92 Å². The molecule has 0 aromatic heterocycles. The zero-order valence-corrected chi connectivity index (χ0v) is 10.4. The summed E-state index contributed by atoms with van der Waals surface area (Å²) in [4.78, 5) is 13.7. The summed E-state index contributed by atoms with van der Waals surface area (Å²) in [5, 5.41) is 9.40. The van der Waals surface area contributed by atoms with Crippen LogP contribution in [-0.2, 0) is 9.53 Å². The predicted octanol–water partition coefficient (Wildman–Crippen LogP) is 1.60. The van der Waals surface area contributed by atoms with E-state index in [9.17, 15) is 9.90 Å². The van der Waals surface area contributed by atoms with E-state index in [2.05, 4.69) is 4.90 Å². The van der Waals surface area contributed by atoms with Crippen LogP contribution in [0.5, 0.6) is 0 Å². The van der Waals surface area contributed by atoms with E-state index in [0.717, 1.165) is 39.1 Å². The molecule has 98 valence electrons. The average molecular weight is 241 g/mol. The molecule has 1 unspecified atom stereocenters. The molecule has 0 aromatic rings. The topological polar surface area (TPSA) is 49.8 Å². The van der Waals surface area contributed by atoms with Gasteiger partial charge in [0.2, 0.25) is 0 Å². The monoisotopic (exact) mass is 241 g/mol. The zero-order chi connectivity index (χ0) is 12.1. The number of rotatable bonds is 4. The highest BCUT2D eigenvalue weighted by Crippen LogP contribution is 2.30. The summed E-state index contributed by atoms with van der Waals surface area (Å²) in [7, 11) is 0. The molecule has 2 fully saturated rings. The molecule has 4 nitrogen and oxygen atoms in total. The van der Waals surface area contributed by atoms with Gasteiger partial charge in [0.1, 0.15) is 0 Å². The Morgan fingerprint density at radius 2 is 1.88 bits per heavy atom. The Bertz CT molecular complexity index is 245. The highest BCUT2D eigenvalue weighted by atomic mass is 16.5. The van der Waals surface area contributed by atoms with Gasteiger partial charge in [-0.05, 0) is 18.8 Å². The van der Waals surface area contributed by atoms with Crippen molar-refractivity contribution in [1.29, 1.82) is 0 Å². The lowest BCUT2D eigenvalue weighted by molar-refractivity contribution is -0.145. The minimum atomic E-state index is -0.608. The van der Waals surface area contributed by atoms with Crippen LogP contribution >= 0.6 is 0 Å². The lowest BCUT2D eigenvalue weighted by Crippen LogP contribution is -2.43. The number of aliphatic carboxylic acids is 1. The molecule has 1 N–H and O–H groups in total. The minimum Gasteiger partial charge on any atom is -0.481 e. The standard InChI is InChI=1S/C13H23NO3/c15-13(16)12(11-4-2-1-3-5-11)10-14-6-8-17-9-7-14/h11-12H,1-10H2,(H,15,16). The lowest BCUT2D eigenvalue weighted by Gasteiger charge is -2.33. The van der Waals surface area contributed by atoms with Crippen molar-refractivity contribution in [1.82, 2.24) is 4.90 Å². The van der Waals surface area contributed by atoms with Gasteiger partial charge < -0.3 is 9.84 Å². The Morgan fingerprint density at radius 1 is 1.24 bits per heavy atom. The molecule has 4 heteroatoms. The summed E-state index contributed by atoms with van der Waals surface area (Å²) in [5.41, 5.74) is 0. The quantitative estimate of drug-likeness (QED) is 0.812. The van der Waals surface area contributed by atoms with E-state index in [1.54, 1.807) is 0 Å². The lowest BCUT2D eigenvalue weighted by atomic mass is 9.79. The molecule has 17 heavy (non-hydrogen) atoms. The van der Waals surface area contributed by atoms with Crippen molar-refractivity contribution >= 4 is 5.97 Å². The molecule has 0 spiro atoms. The van der Waals surface area contributed by atoms with Gasteiger partial charge in [-0.2, -0.15) is 0 Å². The number of morpholine rings is 1. The molecule has 0 aromatic carbocycles. The maximum Gasteiger partial charge on any atom is 0.308 e. The van der Waals surface area contributed by atoms with E-state index >= 15 is 0 Å². The number of carbonyl (C=O) groups is 1. The van der Waals surface area contributed by atoms with Crippen molar-refractivity contribution in [3.63, 3.8) is 0 Å². The highest BCUT2D eigenvalue weighted by Gasteiger charge is 2.31. The third-order valence-electron chi connectivity index (χ3n) is 4.09. The molecule has 1 aliphatic heterocycles. The molecule has 1 atom stereocenters. The Kier molecular flexibility index (Phi) is 4.80. The first kappa shape index (κ1) is 12.8. The second-order valence-corrected chi connectivity index (χ2v) is 5.26. The number of ether oxygens (including phenoxy) is 1. The Balaban J connectivity index is 1.88. The maximum absolute atomic E-state index is 11.4. The number of carboxylic acids is 1. The van der Waals surface area contributed by atoms with Crippen LogP contribution in [0.2, 0.25) is 0 Å². The molecule has 1 saturated carbocycles. The molecule has 0 amide bonds. The van der Waals surface area contributed by atoms with Crippen molar-refractivity contribution in [2.75, 3.05) is 32.8 Å². The molecular weight excluding hydrogens is 218 g/mol. The third-order valence-corrected chi connectivity index (χ3v) is 4.09. The average Bonchev–Trinajstić information content (AvgIpc) is 2.38. The number of hydrogen-bond donors (Lipinski definition) is 1. The van der Waals surface area contributed by atoms with Crippen LogP contribution in [0.15, 0.2) is 0 Å². The molecule has 1 heterocycles. The van der Waals surface area contributed by atoms with Crippen molar-refractivity contribution in [2.24, 2.45) is 11.8 Å². The van der Waals surface area contributed by atoms with Crippen LogP contribution in [0, 0.1) is 11.8 Å². The SMILES string of the molecule is O=C(O)C(CN1CCOCC1)C1CCCCC1. The molecule has 1 saturated heterocycles. The molecule has 0 radical (unpaired) electrons. The van der Waals surface area contributed by atoms with Gasteiger partial charge in [0.15, 0.2) is 0 Å². The summed E-state index contributed by atoms with van der Waals surface area (Å²) in [6, 6.07) is 0. The molecule has 2 aliphatic rings. The van der Waals surface area contributed by atoms with Crippen molar-refractivity contribution < 1.29 is 14.6 Å². The van der Waals surface area contributed by atoms with E-state index in [0.29, 0.717) is 12.5 Å². The number of carboxylic acid groups (broad SMARTS) is 1. The van der Waals surface area contributed by atoms with Crippen LogP contribution in [-0.4, -0.2) is 48.8 Å². The van der Waals surface area contributed by atoms with Crippen molar-refractivity contribution in [3.05, 3.63) is 0 Å². The predicted molar refractivity (Wildman–Crippen MR) is 65.0 cm³/mol. The summed E-state index contributed by atoms with van der Waals surface area (Å²) in [6.07, 6.45) is 5.89. The number of nitrogens with zero attached hydrogens (tertiary/aromatic N) is 1. The first-order valence-corrected chi connectivity index (χ1v) is 6.80. The van der Waals surface area contributed by atoms with Gasteiger partial charge >= 0.3 is 5.97 Å². The van der Waals surface area contributed by atoms with Gasteiger partial charge in [-0.1, -0.05) is 19.3 Å². The van der Waals surface area contributed by atoms with Gasteiger partial charge in [0.05, 0.1) is 19.1 Å². The van der Waals surface area contributed by atoms with Crippen LogP contribution in [0.25, 0.3) is 0 Å². The Labute approximate surface area is 103 Å². The van der Waals surface area contributed by atoms with E-state index < -0.39 is 5.97 Å². The van der Waals surface area contributed by atoms with Crippen molar-refractivity contribution in [3.8, 4) is 0 Å².